The van der Waals surface area contributed by atoms with Crippen molar-refractivity contribution in [2.24, 2.45) is 0 Å². The van der Waals surface area contributed by atoms with Gasteiger partial charge in [0.25, 0.3) is 11.8 Å². The van der Waals surface area contributed by atoms with E-state index < -0.39 is 46.8 Å². The van der Waals surface area contributed by atoms with Crippen LogP contribution in [0.15, 0.2) is 73.1 Å². The molecule has 0 saturated heterocycles. The summed E-state index contributed by atoms with van der Waals surface area (Å²) in [7, 11) is 0. The minimum absolute atomic E-state index is 0.0350. The van der Waals surface area contributed by atoms with Crippen LogP contribution in [0.3, 0.4) is 0 Å². The number of pyridine rings is 1. The van der Waals surface area contributed by atoms with E-state index in [0.717, 1.165) is 12.1 Å². The molecule has 192 valence electrons. The predicted molar refractivity (Wildman–Crippen MR) is 130 cm³/mol. The average Bonchev–Trinajstić information content (AvgIpc) is 3.21. The van der Waals surface area contributed by atoms with Crippen LogP contribution in [0.2, 0.25) is 5.02 Å². The Labute approximate surface area is 217 Å². The zero-order valence-electron chi connectivity index (χ0n) is 19.0. The highest BCUT2D eigenvalue weighted by molar-refractivity contribution is 6.31. The van der Waals surface area contributed by atoms with Crippen molar-refractivity contribution in [1.29, 1.82) is 0 Å². The molecule has 5 rings (SSSR count). The SMILES string of the molecule is O=C(Nc1cc(-c2cccnc2)cc2c1[C@@H](c1cc(F)ccc1Cl)NC2=O)c1cc(F)cc(C(F)(F)F)c1. The fourth-order valence-corrected chi connectivity index (χ4v) is 4.51. The van der Waals surface area contributed by atoms with Crippen molar-refractivity contribution in [2.45, 2.75) is 12.2 Å². The third-order valence-corrected chi connectivity index (χ3v) is 6.33. The Morgan fingerprint density at radius 1 is 0.974 bits per heavy atom. The molecule has 2 heterocycles. The van der Waals surface area contributed by atoms with E-state index in [1.807, 2.05) is 0 Å². The fourth-order valence-electron chi connectivity index (χ4n) is 4.28. The maximum absolute atomic E-state index is 14.1. The molecule has 0 radical (unpaired) electrons. The molecule has 0 aliphatic carbocycles. The molecule has 1 aliphatic heterocycles. The molecule has 1 aliphatic rings. The van der Waals surface area contributed by atoms with Crippen LogP contribution in [0.1, 0.15) is 43.4 Å². The summed E-state index contributed by atoms with van der Waals surface area (Å²) in [4.78, 5) is 30.1. The number of nitrogens with one attached hydrogen (secondary N) is 2. The summed E-state index contributed by atoms with van der Waals surface area (Å²) in [6.07, 6.45) is -1.83. The Morgan fingerprint density at radius 3 is 2.47 bits per heavy atom. The molecular weight excluding hydrogens is 529 g/mol. The minimum Gasteiger partial charge on any atom is -0.341 e. The third-order valence-electron chi connectivity index (χ3n) is 5.99. The largest absolute Gasteiger partial charge is 0.416 e. The summed E-state index contributed by atoms with van der Waals surface area (Å²) in [5.74, 6) is -3.47. The first-order valence-corrected chi connectivity index (χ1v) is 11.4. The molecule has 0 spiro atoms. The van der Waals surface area contributed by atoms with Crippen molar-refractivity contribution in [1.82, 2.24) is 10.3 Å². The second-order valence-corrected chi connectivity index (χ2v) is 8.89. The van der Waals surface area contributed by atoms with Crippen molar-refractivity contribution in [3.05, 3.63) is 118 Å². The van der Waals surface area contributed by atoms with Crippen molar-refractivity contribution in [3.63, 3.8) is 0 Å². The first-order valence-electron chi connectivity index (χ1n) is 11.0. The van der Waals surface area contributed by atoms with E-state index in [0.29, 0.717) is 23.3 Å². The molecule has 3 aromatic carbocycles. The van der Waals surface area contributed by atoms with Gasteiger partial charge in [0.05, 0.1) is 11.6 Å². The summed E-state index contributed by atoms with van der Waals surface area (Å²) in [6, 6.07) is 10.5. The predicted octanol–water partition coefficient (Wildman–Crippen LogP) is 6.78. The van der Waals surface area contributed by atoms with Gasteiger partial charge in [0.2, 0.25) is 0 Å². The summed E-state index contributed by atoms with van der Waals surface area (Å²) in [6.45, 7) is 0. The summed E-state index contributed by atoms with van der Waals surface area (Å²) >= 11 is 6.29. The van der Waals surface area contributed by atoms with Crippen molar-refractivity contribution >= 4 is 29.1 Å². The van der Waals surface area contributed by atoms with Gasteiger partial charge in [-0.2, -0.15) is 13.2 Å². The quantitative estimate of drug-likeness (QED) is 0.279. The van der Waals surface area contributed by atoms with Crippen LogP contribution in [-0.2, 0) is 6.18 Å². The van der Waals surface area contributed by atoms with Crippen LogP contribution in [0.4, 0.5) is 27.6 Å². The van der Waals surface area contributed by atoms with E-state index in [1.165, 1.54) is 24.5 Å². The zero-order valence-corrected chi connectivity index (χ0v) is 19.8. The molecule has 11 heteroatoms. The van der Waals surface area contributed by atoms with E-state index in [-0.39, 0.29) is 33.5 Å². The Morgan fingerprint density at radius 2 is 1.76 bits per heavy atom. The second-order valence-electron chi connectivity index (χ2n) is 8.48. The molecule has 2 amide bonds. The molecule has 4 aromatic rings. The molecule has 38 heavy (non-hydrogen) atoms. The number of amides is 2. The molecular formula is C27H15ClF5N3O2. The van der Waals surface area contributed by atoms with Crippen LogP contribution in [0.25, 0.3) is 11.1 Å². The van der Waals surface area contributed by atoms with Crippen LogP contribution < -0.4 is 10.6 Å². The van der Waals surface area contributed by atoms with E-state index in [9.17, 15) is 31.5 Å². The van der Waals surface area contributed by atoms with E-state index >= 15 is 0 Å². The third kappa shape index (κ3) is 4.82. The summed E-state index contributed by atoms with van der Waals surface area (Å²) in [5.41, 5.74) is -0.298. The number of carbonyl (C=O) groups is 2. The van der Waals surface area contributed by atoms with Gasteiger partial charge in [-0.25, -0.2) is 8.78 Å². The van der Waals surface area contributed by atoms with Crippen LogP contribution >= 0.6 is 11.6 Å². The molecule has 1 atom stereocenters. The van der Waals surface area contributed by atoms with E-state index in [2.05, 4.69) is 15.6 Å². The van der Waals surface area contributed by atoms with Crippen LogP contribution in [0.5, 0.6) is 0 Å². The lowest BCUT2D eigenvalue weighted by Crippen LogP contribution is -2.21. The number of halogens is 6. The maximum Gasteiger partial charge on any atom is 0.416 e. The molecule has 0 fully saturated rings. The van der Waals surface area contributed by atoms with Gasteiger partial charge in [-0.15, -0.1) is 0 Å². The van der Waals surface area contributed by atoms with Gasteiger partial charge in [0, 0.05) is 50.9 Å². The number of benzene rings is 3. The number of anilines is 1. The summed E-state index contributed by atoms with van der Waals surface area (Å²) in [5, 5.41) is 5.35. The molecule has 2 N–H and O–H groups in total. The van der Waals surface area contributed by atoms with Gasteiger partial charge in [0.1, 0.15) is 11.6 Å². The Balaban J connectivity index is 1.66. The van der Waals surface area contributed by atoms with E-state index in [4.69, 9.17) is 11.6 Å². The molecule has 1 aromatic heterocycles. The highest BCUT2D eigenvalue weighted by atomic mass is 35.5. The average molecular weight is 544 g/mol. The zero-order chi connectivity index (χ0) is 27.2. The minimum atomic E-state index is -4.88. The standard InChI is InChI=1S/C27H15ClF5N3O2/c28-21-4-3-17(29)11-19(21)24-23-20(26(38)36-24)8-14(13-2-1-5-34-12-13)9-22(23)35-25(37)15-6-16(27(31,32)33)10-18(30)7-15/h1-12,24H,(H,35,37)(H,36,38)/t24-/m1/s1. The number of alkyl halides is 3. The number of hydrogen-bond acceptors (Lipinski definition) is 3. The topological polar surface area (TPSA) is 71.1 Å². The smallest absolute Gasteiger partial charge is 0.341 e. The summed E-state index contributed by atoms with van der Waals surface area (Å²) < 4.78 is 67.7. The monoisotopic (exact) mass is 543 g/mol. The van der Waals surface area contributed by atoms with Gasteiger partial charge in [-0.05, 0) is 60.2 Å². The second kappa shape index (κ2) is 9.53. The van der Waals surface area contributed by atoms with Gasteiger partial charge in [0.15, 0.2) is 0 Å². The molecule has 0 unspecified atom stereocenters. The molecule has 0 saturated carbocycles. The van der Waals surface area contributed by atoms with Crippen molar-refractivity contribution in [3.8, 4) is 11.1 Å². The van der Waals surface area contributed by atoms with Crippen LogP contribution in [0, 0.1) is 11.6 Å². The van der Waals surface area contributed by atoms with Gasteiger partial charge in [-0.3, -0.25) is 14.6 Å². The fraction of sp³-hybridized carbons (Fsp3) is 0.0741. The van der Waals surface area contributed by atoms with E-state index in [1.54, 1.807) is 18.2 Å². The number of nitrogens with zero attached hydrogens (tertiary/aromatic N) is 1. The number of hydrogen-bond donors (Lipinski definition) is 2. The van der Waals surface area contributed by atoms with Crippen molar-refractivity contribution < 1.29 is 31.5 Å². The number of carbonyl (C=O) groups excluding carboxylic acids is 2. The number of rotatable bonds is 4. The number of aromatic nitrogens is 1. The molecule has 5 nitrogen and oxygen atoms in total. The van der Waals surface area contributed by atoms with Gasteiger partial charge >= 0.3 is 6.18 Å². The Kier molecular flexibility index (Phi) is 6.36. The van der Waals surface area contributed by atoms with Crippen molar-refractivity contribution in [2.75, 3.05) is 5.32 Å². The lowest BCUT2D eigenvalue weighted by molar-refractivity contribution is -0.137. The first kappa shape index (κ1) is 25.3. The highest BCUT2D eigenvalue weighted by Gasteiger charge is 2.36. The lowest BCUT2D eigenvalue weighted by Gasteiger charge is -2.19. The highest BCUT2D eigenvalue weighted by Crippen LogP contribution is 2.42. The normalized spacial score (nSPS) is 14.7. The van der Waals surface area contributed by atoms with Crippen LogP contribution in [-0.4, -0.2) is 16.8 Å². The Bertz CT molecular complexity index is 1590. The van der Waals surface area contributed by atoms with Gasteiger partial charge in [-0.1, -0.05) is 17.7 Å². The lowest BCUT2D eigenvalue weighted by atomic mass is 9.93. The maximum atomic E-state index is 14.1. The molecule has 0 bridgehead atoms. The number of fused-ring (bicyclic) bond motifs is 1. The first-order chi connectivity index (χ1) is 18.0. The Hall–Kier alpha value is -4.31. The van der Waals surface area contributed by atoms with Gasteiger partial charge < -0.3 is 10.6 Å².